The Bertz CT molecular complexity index is 334. The molecule has 0 aliphatic carbocycles. The van der Waals surface area contributed by atoms with Crippen molar-refractivity contribution >= 4 is 28.9 Å². The number of amides is 1. The summed E-state index contributed by atoms with van der Waals surface area (Å²) in [7, 11) is 0. The maximum Gasteiger partial charge on any atom is 0.217 e. The van der Waals surface area contributed by atoms with Crippen LogP contribution in [0.4, 0.5) is 0 Å². The summed E-state index contributed by atoms with van der Waals surface area (Å²) in [5.41, 5.74) is 0. The largest absolute Gasteiger partial charge is 0.394 e. The molecule has 22 heavy (non-hydrogen) atoms. The van der Waals surface area contributed by atoms with Crippen molar-refractivity contribution < 1.29 is 32.7 Å². The second-order valence-electron chi connectivity index (χ2n) is 5.18. The average molecular weight is 433 g/mol. The van der Waals surface area contributed by atoms with Gasteiger partial charge in [0.2, 0.25) is 5.91 Å². The molecule has 0 radical (unpaired) electrons. The standard InChI is InChI=1S/C13H24INO7/c1-8(17)15-10-12(19)11(18)9(7-16)22-13(10)20-5-3-2-4-6-21-14/h9-13,16,18-19H,2-7H2,1H3,(H,15,17). The molecule has 0 aromatic carbocycles. The van der Waals surface area contributed by atoms with Gasteiger partial charge in [0.25, 0.3) is 0 Å². The van der Waals surface area contributed by atoms with Gasteiger partial charge in [-0.05, 0) is 19.3 Å². The lowest BCUT2D eigenvalue weighted by Crippen LogP contribution is -2.64. The molecule has 0 saturated carbocycles. The normalized spacial score (nSPS) is 32.0. The van der Waals surface area contributed by atoms with Crippen LogP contribution in [0, 0.1) is 0 Å². The van der Waals surface area contributed by atoms with Crippen molar-refractivity contribution in [2.75, 3.05) is 19.8 Å². The lowest BCUT2D eigenvalue weighted by Gasteiger charge is -2.42. The highest BCUT2D eigenvalue weighted by molar-refractivity contribution is 14.1. The molecule has 1 heterocycles. The van der Waals surface area contributed by atoms with Gasteiger partial charge in [-0.3, -0.25) is 4.79 Å². The molecule has 0 bridgehead atoms. The maximum absolute atomic E-state index is 11.2. The van der Waals surface area contributed by atoms with E-state index in [0.717, 1.165) is 19.3 Å². The molecule has 9 heteroatoms. The fourth-order valence-corrected chi connectivity index (χ4v) is 2.56. The summed E-state index contributed by atoms with van der Waals surface area (Å²) in [6.45, 7) is 1.91. The van der Waals surface area contributed by atoms with Gasteiger partial charge in [-0.1, -0.05) is 0 Å². The lowest BCUT2D eigenvalue weighted by atomic mass is 9.97. The highest BCUT2D eigenvalue weighted by atomic mass is 127. The SMILES string of the molecule is CC(=O)NC1C(OCCCCCOI)OC(CO)C(O)C1O. The van der Waals surface area contributed by atoms with Crippen LogP contribution in [0.5, 0.6) is 0 Å². The van der Waals surface area contributed by atoms with Gasteiger partial charge >= 0.3 is 0 Å². The molecule has 130 valence electrons. The molecule has 0 aromatic heterocycles. The summed E-state index contributed by atoms with van der Waals surface area (Å²) < 4.78 is 15.9. The molecular formula is C13H24INO7. The van der Waals surface area contributed by atoms with Crippen molar-refractivity contribution in [3.05, 3.63) is 0 Å². The number of ether oxygens (including phenoxy) is 2. The van der Waals surface area contributed by atoms with Gasteiger partial charge in [0, 0.05) is 13.5 Å². The van der Waals surface area contributed by atoms with Crippen molar-refractivity contribution in [1.82, 2.24) is 5.32 Å². The van der Waals surface area contributed by atoms with E-state index in [2.05, 4.69) is 5.32 Å². The topological polar surface area (TPSA) is 117 Å². The predicted molar refractivity (Wildman–Crippen MR) is 85.1 cm³/mol. The molecule has 1 fully saturated rings. The molecule has 0 spiro atoms. The molecule has 1 aliphatic rings. The minimum atomic E-state index is -1.29. The first-order chi connectivity index (χ1) is 10.5. The van der Waals surface area contributed by atoms with Crippen molar-refractivity contribution in [3.8, 4) is 0 Å². The van der Waals surface area contributed by atoms with E-state index in [9.17, 15) is 20.1 Å². The van der Waals surface area contributed by atoms with E-state index in [1.54, 1.807) is 0 Å². The van der Waals surface area contributed by atoms with Crippen LogP contribution in [0.3, 0.4) is 0 Å². The summed E-state index contributed by atoms with van der Waals surface area (Å²) >= 11 is 1.84. The molecule has 0 aromatic rings. The van der Waals surface area contributed by atoms with Crippen molar-refractivity contribution in [2.24, 2.45) is 0 Å². The summed E-state index contributed by atoms with van der Waals surface area (Å²) in [4.78, 5) is 11.2. The van der Waals surface area contributed by atoms with Crippen LogP contribution < -0.4 is 5.32 Å². The van der Waals surface area contributed by atoms with Gasteiger partial charge in [0.05, 0.1) is 13.2 Å². The van der Waals surface area contributed by atoms with Gasteiger partial charge in [0.1, 0.15) is 47.4 Å². The molecule has 1 rings (SSSR count). The molecule has 1 amide bonds. The first kappa shape index (κ1) is 20.0. The number of aliphatic hydroxyl groups excluding tert-OH is 3. The zero-order valence-corrected chi connectivity index (χ0v) is 14.6. The third-order valence-corrected chi connectivity index (χ3v) is 3.84. The highest BCUT2D eigenvalue weighted by Gasteiger charge is 2.45. The Morgan fingerprint density at radius 2 is 1.91 bits per heavy atom. The number of halogens is 1. The Balaban J connectivity index is 2.52. The van der Waals surface area contributed by atoms with Gasteiger partial charge in [-0.25, -0.2) is 0 Å². The van der Waals surface area contributed by atoms with Crippen LogP contribution >= 0.6 is 23.0 Å². The second kappa shape index (κ2) is 10.7. The molecule has 4 N–H and O–H groups in total. The van der Waals surface area contributed by atoms with Crippen LogP contribution in [0.1, 0.15) is 26.2 Å². The fraction of sp³-hybridized carbons (Fsp3) is 0.923. The molecule has 1 aliphatic heterocycles. The number of unbranched alkanes of at least 4 members (excludes halogenated alkanes) is 2. The number of rotatable bonds is 9. The first-order valence-corrected chi connectivity index (χ1v) is 8.14. The van der Waals surface area contributed by atoms with Gasteiger partial charge in [-0.15, -0.1) is 0 Å². The monoisotopic (exact) mass is 433 g/mol. The van der Waals surface area contributed by atoms with E-state index < -0.39 is 37.3 Å². The predicted octanol–water partition coefficient (Wildman–Crippen LogP) is -0.516. The maximum atomic E-state index is 11.2. The van der Waals surface area contributed by atoms with Crippen LogP contribution in [-0.2, 0) is 17.3 Å². The number of aliphatic hydroxyl groups is 3. The number of nitrogens with one attached hydrogen (secondary N) is 1. The van der Waals surface area contributed by atoms with Gasteiger partial charge < -0.3 is 33.2 Å². The molecule has 5 atom stereocenters. The smallest absolute Gasteiger partial charge is 0.217 e. The third kappa shape index (κ3) is 6.22. The average Bonchev–Trinajstić information content (AvgIpc) is 2.49. The second-order valence-corrected chi connectivity index (χ2v) is 5.80. The van der Waals surface area contributed by atoms with E-state index in [1.807, 2.05) is 23.0 Å². The van der Waals surface area contributed by atoms with Crippen LogP contribution in [0.15, 0.2) is 0 Å². The van der Waals surface area contributed by atoms with Crippen molar-refractivity contribution in [2.45, 2.75) is 56.8 Å². The minimum Gasteiger partial charge on any atom is -0.394 e. The van der Waals surface area contributed by atoms with E-state index in [0.29, 0.717) is 13.2 Å². The van der Waals surface area contributed by atoms with Crippen molar-refractivity contribution in [3.63, 3.8) is 0 Å². The van der Waals surface area contributed by atoms with Gasteiger partial charge in [-0.2, -0.15) is 0 Å². The zero-order valence-electron chi connectivity index (χ0n) is 12.5. The first-order valence-electron chi connectivity index (χ1n) is 7.26. The van der Waals surface area contributed by atoms with Crippen molar-refractivity contribution in [1.29, 1.82) is 0 Å². The van der Waals surface area contributed by atoms with Crippen LogP contribution in [0.2, 0.25) is 0 Å². The summed E-state index contributed by atoms with van der Waals surface area (Å²) in [5, 5.41) is 31.6. The molecule has 5 unspecified atom stereocenters. The lowest BCUT2D eigenvalue weighted by molar-refractivity contribution is -0.270. The summed E-state index contributed by atoms with van der Waals surface area (Å²) in [6.07, 6.45) is -1.83. The number of hydrogen-bond donors (Lipinski definition) is 4. The zero-order chi connectivity index (χ0) is 16.5. The summed E-state index contributed by atoms with van der Waals surface area (Å²) in [6, 6.07) is -0.882. The fourth-order valence-electron chi connectivity index (χ4n) is 2.25. The van der Waals surface area contributed by atoms with E-state index in [4.69, 9.17) is 12.5 Å². The number of carbonyl (C=O) groups is 1. The van der Waals surface area contributed by atoms with Crippen LogP contribution in [0.25, 0.3) is 0 Å². The minimum absolute atomic E-state index is 0.366. The number of carbonyl (C=O) groups excluding carboxylic acids is 1. The van der Waals surface area contributed by atoms with E-state index in [-0.39, 0.29) is 5.91 Å². The van der Waals surface area contributed by atoms with Gasteiger partial charge in [0.15, 0.2) is 6.29 Å². The third-order valence-electron chi connectivity index (χ3n) is 3.40. The van der Waals surface area contributed by atoms with E-state index >= 15 is 0 Å². The summed E-state index contributed by atoms with van der Waals surface area (Å²) in [5.74, 6) is -0.366. The quantitative estimate of drug-likeness (QED) is 0.286. The Labute approximate surface area is 143 Å². The Morgan fingerprint density at radius 1 is 1.23 bits per heavy atom. The number of hydrogen-bond acceptors (Lipinski definition) is 7. The molecule has 8 nitrogen and oxygen atoms in total. The molecule has 1 saturated heterocycles. The Hall–Kier alpha value is -0.0400. The molecular weight excluding hydrogens is 409 g/mol. The van der Waals surface area contributed by atoms with E-state index in [1.165, 1.54) is 6.92 Å². The van der Waals surface area contributed by atoms with Crippen LogP contribution in [-0.4, -0.2) is 71.7 Å². The Kier molecular flexibility index (Phi) is 9.71. The highest BCUT2D eigenvalue weighted by Crippen LogP contribution is 2.22. The Morgan fingerprint density at radius 3 is 2.50 bits per heavy atom.